The fourth-order valence-electron chi connectivity index (χ4n) is 3.34. The van der Waals surface area contributed by atoms with Crippen LogP contribution in [0.2, 0.25) is 0 Å². The molecule has 1 aromatic carbocycles. The van der Waals surface area contributed by atoms with Gasteiger partial charge in [0, 0.05) is 18.5 Å². The second-order valence-corrected chi connectivity index (χ2v) is 10.4. The van der Waals surface area contributed by atoms with E-state index in [0.717, 1.165) is 21.7 Å². The van der Waals surface area contributed by atoms with E-state index in [1.807, 2.05) is 0 Å². The standard InChI is InChI=1S/C20H22F3NO5S2/c1-3-12(8-18(25)26)17-4-5-30-19(17)13-6-14(20(21,22)23)9-16(7-13)31(27,28)24(2)10-15-11-29-15/h4-7,9,12,15H,3,8,10-11H2,1-2H3,(H,25,26)/t12-,15?/m0/s1. The van der Waals surface area contributed by atoms with Gasteiger partial charge in [0.15, 0.2) is 0 Å². The Morgan fingerprint density at radius 1 is 1.35 bits per heavy atom. The number of hydrogen-bond acceptors (Lipinski definition) is 5. The number of likely N-dealkylation sites (N-methyl/N-ethyl adjacent to an activating group) is 1. The Labute approximate surface area is 182 Å². The molecule has 0 radical (unpaired) electrons. The number of ether oxygens (including phenoxy) is 1. The van der Waals surface area contributed by atoms with Gasteiger partial charge < -0.3 is 9.84 Å². The van der Waals surface area contributed by atoms with Crippen molar-refractivity contribution in [2.45, 2.75) is 42.9 Å². The van der Waals surface area contributed by atoms with E-state index in [-0.39, 0.29) is 24.6 Å². The zero-order valence-electron chi connectivity index (χ0n) is 16.8. The highest BCUT2D eigenvalue weighted by Gasteiger charge is 2.35. The van der Waals surface area contributed by atoms with Gasteiger partial charge in [0.25, 0.3) is 0 Å². The number of rotatable bonds is 9. The highest BCUT2D eigenvalue weighted by Crippen LogP contribution is 2.41. The van der Waals surface area contributed by atoms with Crippen molar-refractivity contribution >= 4 is 27.3 Å². The topological polar surface area (TPSA) is 87.2 Å². The zero-order valence-corrected chi connectivity index (χ0v) is 18.5. The van der Waals surface area contributed by atoms with E-state index < -0.39 is 38.5 Å². The largest absolute Gasteiger partial charge is 0.481 e. The summed E-state index contributed by atoms with van der Waals surface area (Å²) in [6.07, 6.45) is -4.70. The van der Waals surface area contributed by atoms with E-state index in [2.05, 4.69) is 0 Å². The van der Waals surface area contributed by atoms with Crippen molar-refractivity contribution in [1.29, 1.82) is 0 Å². The SMILES string of the molecule is CC[C@@H](CC(=O)O)c1ccsc1-c1cc(C(F)(F)F)cc(S(=O)(=O)N(C)CC2CO2)c1. The average Bonchev–Trinajstić information content (AvgIpc) is 3.37. The highest BCUT2D eigenvalue weighted by atomic mass is 32.2. The molecule has 0 saturated carbocycles. The van der Waals surface area contributed by atoms with Crippen molar-refractivity contribution < 1.29 is 36.2 Å². The summed E-state index contributed by atoms with van der Waals surface area (Å²) in [7, 11) is -2.89. The van der Waals surface area contributed by atoms with Crippen LogP contribution in [0.5, 0.6) is 0 Å². The summed E-state index contributed by atoms with van der Waals surface area (Å²) in [5.74, 6) is -1.41. The van der Waals surface area contributed by atoms with Crippen LogP contribution in [0.15, 0.2) is 34.5 Å². The number of nitrogens with zero attached hydrogens (tertiary/aromatic N) is 1. The van der Waals surface area contributed by atoms with Crippen LogP contribution in [-0.4, -0.2) is 50.1 Å². The first-order valence-corrected chi connectivity index (χ1v) is 11.8. The van der Waals surface area contributed by atoms with Gasteiger partial charge in [-0.25, -0.2) is 8.42 Å². The minimum absolute atomic E-state index is 0.0503. The Morgan fingerprint density at radius 2 is 2.03 bits per heavy atom. The minimum Gasteiger partial charge on any atom is -0.481 e. The van der Waals surface area contributed by atoms with Crippen LogP contribution < -0.4 is 0 Å². The van der Waals surface area contributed by atoms with Crippen LogP contribution >= 0.6 is 11.3 Å². The van der Waals surface area contributed by atoms with E-state index in [0.29, 0.717) is 29.5 Å². The van der Waals surface area contributed by atoms with Crippen LogP contribution in [0.1, 0.15) is 36.8 Å². The van der Waals surface area contributed by atoms with Gasteiger partial charge in [-0.05, 0) is 53.1 Å². The lowest BCUT2D eigenvalue weighted by Crippen LogP contribution is -2.30. The van der Waals surface area contributed by atoms with Crippen LogP contribution in [0.4, 0.5) is 13.2 Å². The lowest BCUT2D eigenvalue weighted by molar-refractivity contribution is -0.138. The normalized spacial score (nSPS) is 17.7. The van der Waals surface area contributed by atoms with Gasteiger partial charge >= 0.3 is 12.1 Å². The molecule has 0 amide bonds. The molecule has 11 heteroatoms. The molecular weight excluding hydrogens is 455 g/mol. The second-order valence-electron chi connectivity index (χ2n) is 7.39. The maximum absolute atomic E-state index is 13.6. The molecule has 1 N–H and O–H groups in total. The number of carbonyl (C=O) groups is 1. The molecular formula is C20H22F3NO5S2. The number of epoxide rings is 1. The molecule has 0 aliphatic carbocycles. The van der Waals surface area contributed by atoms with Gasteiger partial charge in [-0.2, -0.15) is 17.5 Å². The molecule has 1 saturated heterocycles. The van der Waals surface area contributed by atoms with Crippen molar-refractivity contribution in [3.05, 3.63) is 40.8 Å². The Kier molecular flexibility index (Phi) is 6.80. The number of benzene rings is 1. The Balaban J connectivity index is 2.11. The van der Waals surface area contributed by atoms with Gasteiger partial charge in [0.05, 0.1) is 29.6 Å². The number of hydrogen-bond donors (Lipinski definition) is 1. The fraction of sp³-hybridized carbons (Fsp3) is 0.450. The van der Waals surface area contributed by atoms with Crippen LogP contribution in [-0.2, 0) is 25.7 Å². The van der Waals surface area contributed by atoms with Gasteiger partial charge in [0.1, 0.15) is 0 Å². The van der Waals surface area contributed by atoms with E-state index in [1.165, 1.54) is 13.1 Å². The third-order valence-corrected chi connectivity index (χ3v) is 7.90. The fourth-order valence-corrected chi connectivity index (χ4v) is 5.59. The number of aliphatic carboxylic acids is 1. The summed E-state index contributed by atoms with van der Waals surface area (Å²) in [6.45, 7) is 2.26. The van der Waals surface area contributed by atoms with E-state index in [9.17, 15) is 31.5 Å². The smallest absolute Gasteiger partial charge is 0.416 e. The molecule has 2 aromatic rings. The molecule has 2 atom stereocenters. The van der Waals surface area contributed by atoms with Gasteiger partial charge in [-0.15, -0.1) is 11.3 Å². The third-order valence-electron chi connectivity index (χ3n) is 5.12. The molecule has 170 valence electrons. The Hall–Kier alpha value is -1.95. The van der Waals surface area contributed by atoms with Crippen LogP contribution in [0.3, 0.4) is 0 Å². The van der Waals surface area contributed by atoms with Gasteiger partial charge in [0.2, 0.25) is 10.0 Å². The van der Waals surface area contributed by atoms with Gasteiger partial charge in [-0.3, -0.25) is 4.79 Å². The Morgan fingerprint density at radius 3 is 2.58 bits per heavy atom. The quantitative estimate of drug-likeness (QED) is 0.540. The molecule has 1 aliphatic heterocycles. The first kappa shape index (κ1) is 23.7. The molecule has 2 heterocycles. The van der Waals surface area contributed by atoms with Crippen molar-refractivity contribution in [3.63, 3.8) is 0 Å². The number of carboxylic acids is 1. The van der Waals surface area contributed by atoms with Crippen molar-refractivity contribution in [2.75, 3.05) is 20.2 Å². The molecule has 31 heavy (non-hydrogen) atoms. The predicted octanol–water partition coefficient (Wildman–Crippen LogP) is 4.42. The summed E-state index contributed by atoms with van der Waals surface area (Å²) >= 11 is 1.15. The van der Waals surface area contributed by atoms with E-state index >= 15 is 0 Å². The average molecular weight is 478 g/mol. The molecule has 0 bridgehead atoms. The summed E-state index contributed by atoms with van der Waals surface area (Å²) in [4.78, 5) is 11.2. The lowest BCUT2D eigenvalue weighted by Gasteiger charge is -2.19. The number of alkyl halides is 3. The molecule has 3 rings (SSSR count). The van der Waals surface area contributed by atoms with Crippen LogP contribution in [0.25, 0.3) is 10.4 Å². The van der Waals surface area contributed by atoms with Crippen molar-refractivity contribution in [1.82, 2.24) is 4.31 Å². The van der Waals surface area contributed by atoms with Crippen LogP contribution in [0, 0.1) is 0 Å². The number of carboxylic acid groups (broad SMARTS) is 1. The summed E-state index contributed by atoms with van der Waals surface area (Å²) < 4.78 is 72.7. The molecule has 1 unspecified atom stereocenters. The molecule has 0 spiro atoms. The maximum Gasteiger partial charge on any atom is 0.416 e. The summed E-state index contributed by atoms with van der Waals surface area (Å²) in [5, 5.41) is 10.8. The molecule has 1 aliphatic rings. The third kappa shape index (κ3) is 5.46. The number of thiophene rings is 1. The highest BCUT2D eigenvalue weighted by molar-refractivity contribution is 7.89. The minimum atomic E-state index is -4.75. The Bertz CT molecular complexity index is 1060. The van der Waals surface area contributed by atoms with Crippen molar-refractivity contribution in [2.24, 2.45) is 0 Å². The molecule has 1 fully saturated rings. The summed E-state index contributed by atoms with van der Waals surface area (Å²) in [6, 6.07) is 4.44. The van der Waals surface area contributed by atoms with Crippen molar-refractivity contribution in [3.8, 4) is 10.4 Å². The first-order valence-electron chi connectivity index (χ1n) is 9.53. The zero-order chi connectivity index (χ0) is 23.0. The van der Waals surface area contributed by atoms with E-state index in [4.69, 9.17) is 4.74 Å². The monoisotopic (exact) mass is 477 g/mol. The number of sulfonamides is 1. The maximum atomic E-state index is 13.6. The van der Waals surface area contributed by atoms with Gasteiger partial charge in [-0.1, -0.05) is 6.92 Å². The molecule has 6 nitrogen and oxygen atoms in total. The number of halogens is 3. The first-order chi connectivity index (χ1) is 14.4. The van der Waals surface area contributed by atoms with E-state index in [1.54, 1.807) is 18.4 Å². The second kappa shape index (κ2) is 8.89. The molecule has 1 aromatic heterocycles. The summed E-state index contributed by atoms with van der Waals surface area (Å²) in [5.41, 5.74) is -0.388. The predicted molar refractivity (Wildman–Crippen MR) is 110 cm³/mol. The lowest BCUT2D eigenvalue weighted by atomic mass is 9.91.